The Balaban J connectivity index is 2.21. The van der Waals surface area contributed by atoms with Crippen LogP contribution in [-0.2, 0) is 0 Å². The first-order valence-corrected chi connectivity index (χ1v) is 6.65. The molecule has 0 atom stereocenters. The summed E-state index contributed by atoms with van der Waals surface area (Å²) < 4.78 is 28.6. The lowest BCUT2D eigenvalue weighted by Gasteiger charge is -2.08. The molecule has 2 aromatic carbocycles. The maximum absolute atomic E-state index is 14.0. The van der Waals surface area contributed by atoms with Gasteiger partial charge < -0.3 is 5.73 Å². The van der Waals surface area contributed by atoms with E-state index in [9.17, 15) is 8.78 Å². The molecule has 0 aliphatic heterocycles. The smallest absolute Gasteiger partial charge is 0.187 e. The van der Waals surface area contributed by atoms with E-state index in [4.69, 9.17) is 5.73 Å². The van der Waals surface area contributed by atoms with Crippen molar-refractivity contribution in [1.29, 1.82) is 0 Å². The average molecular weight is 352 g/mol. The van der Waals surface area contributed by atoms with E-state index in [1.807, 2.05) is 0 Å². The minimum absolute atomic E-state index is 0.0267. The molecule has 0 aliphatic rings. The summed E-state index contributed by atoms with van der Waals surface area (Å²) in [6, 6.07) is 8.77. The summed E-state index contributed by atoms with van der Waals surface area (Å²) >= 11 is 3.12. The van der Waals surface area contributed by atoms with Gasteiger partial charge in [-0.2, -0.15) is 4.68 Å². The highest BCUT2D eigenvalue weighted by atomic mass is 79.9. The van der Waals surface area contributed by atoms with Crippen LogP contribution in [0.2, 0.25) is 0 Å². The molecule has 0 radical (unpaired) electrons. The second-order valence-corrected chi connectivity index (χ2v) is 5.11. The van der Waals surface area contributed by atoms with E-state index in [-0.39, 0.29) is 10.2 Å². The Labute approximate surface area is 126 Å². The third-order valence-corrected chi connectivity index (χ3v) is 3.41. The Morgan fingerprint density at radius 2 is 1.95 bits per heavy atom. The first-order chi connectivity index (χ1) is 10.1. The van der Waals surface area contributed by atoms with Gasteiger partial charge in [0.2, 0.25) is 0 Å². The summed E-state index contributed by atoms with van der Waals surface area (Å²) in [6.07, 6.45) is 0. The first kappa shape index (κ1) is 13.6. The molecule has 0 saturated carbocycles. The van der Waals surface area contributed by atoms with E-state index < -0.39 is 11.6 Å². The fraction of sp³-hybridized carbons (Fsp3) is 0. The summed E-state index contributed by atoms with van der Waals surface area (Å²) in [5.74, 6) is -1.17. The van der Waals surface area contributed by atoms with Crippen LogP contribution in [0.5, 0.6) is 0 Å². The van der Waals surface area contributed by atoms with Crippen LogP contribution in [-0.4, -0.2) is 20.2 Å². The molecule has 1 heterocycles. The van der Waals surface area contributed by atoms with Crippen molar-refractivity contribution >= 4 is 21.6 Å². The van der Waals surface area contributed by atoms with Gasteiger partial charge in [-0.05, 0) is 44.6 Å². The second kappa shape index (κ2) is 5.21. The number of nitrogens with zero attached hydrogens (tertiary/aromatic N) is 4. The van der Waals surface area contributed by atoms with Crippen LogP contribution >= 0.6 is 15.9 Å². The molecule has 21 heavy (non-hydrogen) atoms. The molecule has 0 amide bonds. The van der Waals surface area contributed by atoms with Crippen molar-refractivity contribution in [2.75, 3.05) is 5.73 Å². The maximum atomic E-state index is 14.0. The number of nitrogens with two attached hydrogens (primary N) is 1. The van der Waals surface area contributed by atoms with Gasteiger partial charge in [-0.3, -0.25) is 0 Å². The standard InChI is InChI=1S/C13H8BrF2N5/c14-10-5-8(15)6-11(16)12(10)21-13(18-19-20-21)7-2-1-3-9(17)4-7/h1-6H,17H2. The van der Waals surface area contributed by atoms with Gasteiger partial charge in [0.1, 0.15) is 11.5 Å². The number of hydrogen-bond donors (Lipinski definition) is 1. The van der Waals surface area contributed by atoms with E-state index in [0.717, 1.165) is 12.1 Å². The molecule has 106 valence electrons. The van der Waals surface area contributed by atoms with Crippen LogP contribution in [0.15, 0.2) is 40.9 Å². The molecule has 0 aliphatic carbocycles. The lowest BCUT2D eigenvalue weighted by Crippen LogP contribution is -2.04. The zero-order chi connectivity index (χ0) is 15.0. The van der Waals surface area contributed by atoms with Crippen molar-refractivity contribution in [1.82, 2.24) is 20.2 Å². The van der Waals surface area contributed by atoms with Crippen LogP contribution in [0.1, 0.15) is 0 Å². The Morgan fingerprint density at radius 3 is 2.67 bits per heavy atom. The number of anilines is 1. The highest BCUT2D eigenvalue weighted by Gasteiger charge is 2.18. The SMILES string of the molecule is Nc1cccc(-c2nnnn2-c2c(F)cc(F)cc2Br)c1. The van der Waals surface area contributed by atoms with Gasteiger partial charge in [-0.25, -0.2) is 8.78 Å². The molecule has 0 spiro atoms. The van der Waals surface area contributed by atoms with Gasteiger partial charge in [0.25, 0.3) is 0 Å². The Bertz CT molecular complexity index is 795. The van der Waals surface area contributed by atoms with Crippen molar-refractivity contribution in [2.45, 2.75) is 0 Å². The lowest BCUT2D eigenvalue weighted by atomic mass is 10.2. The Morgan fingerprint density at radius 1 is 1.14 bits per heavy atom. The average Bonchev–Trinajstić information content (AvgIpc) is 2.86. The molecule has 8 heteroatoms. The molecular formula is C13H8BrF2N5. The monoisotopic (exact) mass is 351 g/mol. The van der Waals surface area contributed by atoms with Gasteiger partial charge >= 0.3 is 0 Å². The highest BCUT2D eigenvalue weighted by molar-refractivity contribution is 9.10. The third-order valence-electron chi connectivity index (χ3n) is 2.81. The molecule has 0 unspecified atom stereocenters. The number of rotatable bonds is 2. The van der Waals surface area contributed by atoms with Gasteiger partial charge in [0, 0.05) is 21.8 Å². The summed E-state index contributed by atoms with van der Waals surface area (Å²) in [4.78, 5) is 0. The van der Waals surface area contributed by atoms with Gasteiger partial charge in [0.05, 0.1) is 0 Å². The largest absolute Gasteiger partial charge is 0.399 e. The second-order valence-electron chi connectivity index (χ2n) is 4.26. The molecule has 1 aromatic heterocycles. The van der Waals surface area contributed by atoms with E-state index in [1.165, 1.54) is 4.68 Å². The first-order valence-electron chi connectivity index (χ1n) is 5.85. The van der Waals surface area contributed by atoms with Crippen molar-refractivity contribution in [3.05, 3.63) is 52.5 Å². The molecule has 3 aromatic rings. The summed E-state index contributed by atoms with van der Waals surface area (Å²) in [6.45, 7) is 0. The minimum Gasteiger partial charge on any atom is -0.399 e. The van der Waals surface area contributed by atoms with Crippen LogP contribution < -0.4 is 5.73 Å². The van der Waals surface area contributed by atoms with Crippen molar-refractivity contribution in [2.24, 2.45) is 0 Å². The highest BCUT2D eigenvalue weighted by Crippen LogP contribution is 2.28. The normalized spacial score (nSPS) is 10.8. The van der Waals surface area contributed by atoms with Crippen LogP contribution in [0.4, 0.5) is 14.5 Å². The topological polar surface area (TPSA) is 69.6 Å². The van der Waals surface area contributed by atoms with E-state index in [1.54, 1.807) is 24.3 Å². The molecule has 2 N–H and O–H groups in total. The van der Waals surface area contributed by atoms with Crippen molar-refractivity contribution in [3.63, 3.8) is 0 Å². The predicted octanol–water partition coefficient (Wildman–Crippen LogP) is 2.95. The number of nitrogen functional groups attached to an aromatic ring is 1. The summed E-state index contributed by atoms with van der Waals surface area (Å²) in [7, 11) is 0. The Kier molecular flexibility index (Phi) is 3.38. The van der Waals surface area contributed by atoms with Crippen molar-refractivity contribution < 1.29 is 8.78 Å². The summed E-state index contributed by atoms with van der Waals surface area (Å²) in [5, 5.41) is 11.2. The number of benzene rings is 2. The molecule has 5 nitrogen and oxygen atoms in total. The van der Waals surface area contributed by atoms with Crippen molar-refractivity contribution in [3.8, 4) is 17.1 Å². The molecule has 0 saturated heterocycles. The third kappa shape index (κ3) is 2.49. The number of aromatic nitrogens is 4. The lowest BCUT2D eigenvalue weighted by molar-refractivity contribution is 0.570. The van der Waals surface area contributed by atoms with Gasteiger partial charge in [0.15, 0.2) is 11.6 Å². The van der Waals surface area contributed by atoms with E-state index in [2.05, 4.69) is 31.5 Å². The van der Waals surface area contributed by atoms with E-state index in [0.29, 0.717) is 17.1 Å². The number of tetrazole rings is 1. The quantitative estimate of drug-likeness (QED) is 0.720. The van der Waals surface area contributed by atoms with Gasteiger partial charge in [-0.1, -0.05) is 12.1 Å². The van der Waals surface area contributed by atoms with E-state index >= 15 is 0 Å². The van der Waals surface area contributed by atoms with Crippen LogP contribution in [0, 0.1) is 11.6 Å². The number of halogens is 3. The molecule has 0 bridgehead atoms. The predicted molar refractivity (Wildman–Crippen MR) is 76.6 cm³/mol. The number of hydrogen-bond acceptors (Lipinski definition) is 4. The zero-order valence-corrected chi connectivity index (χ0v) is 12.1. The van der Waals surface area contributed by atoms with Gasteiger partial charge in [-0.15, -0.1) is 5.10 Å². The fourth-order valence-corrected chi connectivity index (χ4v) is 2.51. The minimum atomic E-state index is -0.778. The zero-order valence-electron chi connectivity index (χ0n) is 10.5. The van der Waals surface area contributed by atoms with Crippen LogP contribution in [0.25, 0.3) is 17.1 Å². The summed E-state index contributed by atoms with van der Waals surface area (Å²) in [5.41, 5.74) is 6.90. The molecule has 0 fully saturated rings. The Hall–Kier alpha value is -2.35. The molecule has 3 rings (SSSR count). The van der Waals surface area contributed by atoms with Crippen LogP contribution in [0.3, 0.4) is 0 Å². The fourth-order valence-electron chi connectivity index (χ4n) is 1.93. The maximum Gasteiger partial charge on any atom is 0.187 e. The molecular weight excluding hydrogens is 344 g/mol.